The number of rotatable bonds is 6. The van der Waals surface area contributed by atoms with E-state index in [4.69, 9.17) is 0 Å². The first-order chi connectivity index (χ1) is 24.0. The Bertz CT molecular complexity index is 2500. The molecule has 8 aromatic carbocycles. The van der Waals surface area contributed by atoms with Crippen molar-refractivity contribution in [1.82, 2.24) is 0 Å². The van der Waals surface area contributed by atoms with Gasteiger partial charge in [0.25, 0.3) is 0 Å². The molecule has 0 unspecified atom stereocenters. The van der Waals surface area contributed by atoms with Crippen LogP contribution in [0, 0.1) is 5.82 Å². The first kappa shape index (κ1) is 29.2. The third-order valence-electron chi connectivity index (χ3n) is 10.3. The van der Waals surface area contributed by atoms with E-state index in [1.807, 2.05) is 54.6 Å². The van der Waals surface area contributed by atoms with E-state index in [1.165, 1.54) is 27.3 Å². The van der Waals surface area contributed by atoms with Gasteiger partial charge in [0, 0.05) is 22.4 Å². The molecule has 0 radical (unpaired) electrons. The Morgan fingerprint density at radius 2 is 1.00 bits per heavy atom. The standard InChI is InChI=1S/C47H34FN/c1-47(2)41-20-12-19-35-21-22-36-27-39(30-42(47)45(36)44(35)41)49(38-25-23-33(24-26-38)31-13-6-3-7-14-31)46-40(34-17-10-5-11-18-34)28-37(29-43(46)48)32-15-8-4-9-16-32/h3-30H,1-2H3. The third kappa shape index (κ3) is 4.75. The highest BCUT2D eigenvalue weighted by Gasteiger charge is 2.35. The Morgan fingerprint density at radius 3 is 1.67 bits per heavy atom. The highest BCUT2D eigenvalue weighted by atomic mass is 19.1. The van der Waals surface area contributed by atoms with Gasteiger partial charge >= 0.3 is 0 Å². The van der Waals surface area contributed by atoms with Crippen LogP contribution in [0.1, 0.15) is 25.0 Å². The summed E-state index contributed by atoms with van der Waals surface area (Å²) >= 11 is 0. The molecular formula is C47H34FN. The van der Waals surface area contributed by atoms with Crippen LogP contribution in [-0.2, 0) is 5.41 Å². The molecule has 0 N–H and O–H groups in total. The number of anilines is 3. The monoisotopic (exact) mass is 631 g/mol. The van der Waals surface area contributed by atoms with Crippen LogP contribution in [0.3, 0.4) is 0 Å². The lowest BCUT2D eigenvalue weighted by Crippen LogP contribution is -2.17. The molecule has 0 saturated carbocycles. The average molecular weight is 632 g/mol. The maximum absolute atomic E-state index is 17.2. The van der Waals surface area contributed by atoms with E-state index in [2.05, 4.69) is 128 Å². The maximum atomic E-state index is 17.2. The first-order valence-electron chi connectivity index (χ1n) is 16.9. The van der Waals surface area contributed by atoms with Crippen molar-refractivity contribution in [1.29, 1.82) is 0 Å². The average Bonchev–Trinajstić information content (AvgIpc) is 3.39. The van der Waals surface area contributed by atoms with Crippen molar-refractivity contribution in [2.45, 2.75) is 19.3 Å². The minimum atomic E-state index is -0.276. The summed E-state index contributed by atoms with van der Waals surface area (Å²) in [7, 11) is 0. The van der Waals surface area contributed by atoms with Crippen molar-refractivity contribution in [3.05, 3.63) is 187 Å². The predicted molar refractivity (Wildman–Crippen MR) is 205 cm³/mol. The zero-order chi connectivity index (χ0) is 33.1. The zero-order valence-electron chi connectivity index (χ0n) is 27.5. The fourth-order valence-electron chi connectivity index (χ4n) is 7.82. The van der Waals surface area contributed by atoms with E-state index in [0.717, 1.165) is 50.1 Å². The fraction of sp³-hybridized carbons (Fsp3) is 0.0638. The molecule has 1 aliphatic rings. The first-order valence-corrected chi connectivity index (χ1v) is 16.9. The summed E-state index contributed by atoms with van der Waals surface area (Å²) in [6, 6.07) is 58.6. The van der Waals surface area contributed by atoms with Gasteiger partial charge in [0.1, 0.15) is 5.82 Å². The molecule has 8 aromatic rings. The van der Waals surface area contributed by atoms with Crippen LogP contribution in [-0.4, -0.2) is 0 Å². The van der Waals surface area contributed by atoms with E-state index in [-0.39, 0.29) is 11.2 Å². The Hall–Kier alpha value is -5.99. The van der Waals surface area contributed by atoms with Crippen LogP contribution in [0.25, 0.3) is 54.9 Å². The van der Waals surface area contributed by atoms with Gasteiger partial charge in [-0.05, 0) is 96.9 Å². The summed E-state index contributed by atoms with van der Waals surface area (Å²) in [5.74, 6) is -0.276. The van der Waals surface area contributed by atoms with Gasteiger partial charge in [-0.2, -0.15) is 0 Å². The highest BCUT2D eigenvalue weighted by Crippen LogP contribution is 2.52. The molecule has 1 nitrogen and oxygen atoms in total. The van der Waals surface area contributed by atoms with E-state index in [9.17, 15) is 0 Å². The van der Waals surface area contributed by atoms with Crippen LogP contribution >= 0.6 is 0 Å². The van der Waals surface area contributed by atoms with Gasteiger partial charge in [0.2, 0.25) is 0 Å². The topological polar surface area (TPSA) is 3.24 Å². The third-order valence-corrected chi connectivity index (χ3v) is 10.3. The smallest absolute Gasteiger partial charge is 0.148 e. The molecule has 0 spiro atoms. The fourth-order valence-corrected chi connectivity index (χ4v) is 7.82. The van der Waals surface area contributed by atoms with E-state index >= 15 is 4.39 Å². The second-order valence-corrected chi connectivity index (χ2v) is 13.5. The molecule has 9 rings (SSSR count). The molecular weight excluding hydrogens is 598 g/mol. The summed E-state index contributed by atoms with van der Waals surface area (Å²) in [4.78, 5) is 2.13. The van der Waals surface area contributed by atoms with Crippen LogP contribution in [0.15, 0.2) is 170 Å². The van der Waals surface area contributed by atoms with Gasteiger partial charge in [-0.1, -0.05) is 147 Å². The van der Waals surface area contributed by atoms with E-state index in [0.29, 0.717) is 5.69 Å². The Labute approximate surface area is 286 Å². The molecule has 0 aromatic heterocycles. The largest absolute Gasteiger partial charge is 0.307 e. The summed E-state index contributed by atoms with van der Waals surface area (Å²) in [5.41, 5.74) is 10.6. The summed E-state index contributed by atoms with van der Waals surface area (Å²) in [6.07, 6.45) is 0. The molecule has 1 aliphatic carbocycles. The normalized spacial score (nSPS) is 13.0. The van der Waals surface area contributed by atoms with Crippen LogP contribution < -0.4 is 4.90 Å². The molecule has 0 heterocycles. The SMILES string of the molecule is CC1(C)c2cccc3ccc4cc(N(c5ccc(-c6ccccc6)cc5)c5c(F)cc(-c6ccccc6)cc5-c5ccccc5)cc1c4c23. The Balaban J connectivity index is 1.32. The minimum Gasteiger partial charge on any atom is -0.307 e. The van der Waals surface area contributed by atoms with Crippen molar-refractivity contribution in [2.24, 2.45) is 0 Å². The number of halogens is 1. The quantitative estimate of drug-likeness (QED) is 0.165. The molecule has 2 heteroatoms. The van der Waals surface area contributed by atoms with Crippen molar-refractivity contribution in [2.75, 3.05) is 4.90 Å². The van der Waals surface area contributed by atoms with Crippen molar-refractivity contribution in [3.8, 4) is 33.4 Å². The van der Waals surface area contributed by atoms with Gasteiger partial charge in [-0.15, -0.1) is 0 Å². The van der Waals surface area contributed by atoms with Crippen LogP contribution in [0.4, 0.5) is 21.5 Å². The second kappa shape index (κ2) is 11.3. The number of hydrogen-bond donors (Lipinski definition) is 0. The lowest BCUT2D eigenvalue weighted by atomic mass is 9.81. The zero-order valence-corrected chi connectivity index (χ0v) is 27.5. The minimum absolute atomic E-state index is 0.210. The Kier molecular flexibility index (Phi) is 6.74. The van der Waals surface area contributed by atoms with Crippen LogP contribution in [0.2, 0.25) is 0 Å². The Morgan fingerprint density at radius 1 is 0.429 bits per heavy atom. The van der Waals surface area contributed by atoms with Gasteiger partial charge in [-0.3, -0.25) is 0 Å². The highest BCUT2D eigenvalue weighted by molar-refractivity contribution is 6.16. The van der Waals surface area contributed by atoms with E-state index in [1.54, 1.807) is 6.07 Å². The molecule has 0 fully saturated rings. The van der Waals surface area contributed by atoms with Gasteiger partial charge < -0.3 is 4.90 Å². The molecule has 0 atom stereocenters. The summed E-state index contributed by atoms with van der Waals surface area (Å²) < 4.78 is 17.2. The van der Waals surface area contributed by atoms with Crippen LogP contribution in [0.5, 0.6) is 0 Å². The maximum Gasteiger partial charge on any atom is 0.148 e. The lowest BCUT2D eigenvalue weighted by molar-refractivity contribution is 0.629. The van der Waals surface area contributed by atoms with Gasteiger partial charge in [0.05, 0.1) is 5.69 Å². The summed E-state index contributed by atoms with van der Waals surface area (Å²) in [5, 5.41) is 5.04. The second-order valence-electron chi connectivity index (χ2n) is 13.5. The molecule has 0 saturated heterocycles. The van der Waals surface area contributed by atoms with Crippen molar-refractivity contribution < 1.29 is 4.39 Å². The number of hydrogen-bond acceptors (Lipinski definition) is 1. The molecule has 49 heavy (non-hydrogen) atoms. The van der Waals surface area contributed by atoms with E-state index < -0.39 is 0 Å². The molecule has 234 valence electrons. The van der Waals surface area contributed by atoms with Gasteiger partial charge in [-0.25, -0.2) is 4.39 Å². The molecule has 0 bridgehead atoms. The van der Waals surface area contributed by atoms with Crippen molar-refractivity contribution >= 4 is 38.6 Å². The van der Waals surface area contributed by atoms with Gasteiger partial charge in [0.15, 0.2) is 0 Å². The number of nitrogens with zero attached hydrogens (tertiary/aromatic N) is 1. The molecule has 0 aliphatic heterocycles. The summed E-state index contributed by atoms with van der Waals surface area (Å²) in [6.45, 7) is 4.62. The number of benzene rings is 8. The van der Waals surface area contributed by atoms with Crippen molar-refractivity contribution in [3.63, 3.8) is 0 Å². The molecule has 0 amide bonds. The lowest BCUT2D eigenvalue weighted by Gasteiger charge is -2.31. The predicted octanol–water partition coefficient (Wildman–Crippen LogP) is 13.2.